The molecule has 2 aromatic rings. The minimum Gasteiger partial charge on any atom is -0.370 e. The molecule has 0 aliphatic heterocycles. The van der Waals surface area contributed by atoms with Crippen molar-refractivity contribution in [2.75, 3.05) is 23.7 Å². The minimum atomic E-state index is -0.163. The zero-order valence-electron chi connectivity index (χ0n) is 12.3. The Kier molecular flexibility index (Phi) is 5.94. The van der Waals surface area contributed by atoms with E-state index in [1.165, 1.54) is 6.07 Å². The third kappa shape index (κ3) is 5.02. The van der Waals surface area contributed by atoms with Crippen LogP contribution in [0.3, 0.4) is 0 Å². The standard InChI is InChI=1S/C16H21FN4/c1-2-3-10-19-16-20-12-9-15(21-16)18-11-8-13-6-4-5-7-14(13)17/h4-7,9,12H,2-3,8,10-11H2,1H3,(H2,18,19,20,21). The fourth-order valence-corrected chi connectivity index (χ4v) is 1.95. The van der Waals surface area contributed by atoms with Crippen LogP contribution in [0.1, 0.15) is 25.3 Å². The zero-order chi connectivity index (χ0) is 14.9. The van der Waals surface area contributed by atoms with Gasteiger partial charge in [0.15, 0.2) is 0 Å². The van der Waals surface area contributed by atoms with Gasteiger partial charge in [0.05, 0.1) is 0 Å². The Hall–Kier alpha value is -2.17. The van der Waals surface area contributed by atoms with Crippen LogP contribution in [-0.2, 0) is 6.42 Å². The van der Waals surface area contributed by atoms with E-state index in [-0.39, 0.29) is 5.82 Å². The highest BCUT2D eigenvalue weighted by Gasteiger charge is 2.01. The number of nitrogens with one attached hydrogen (secondary N) is 2. The number of nitrogens with zero attached hydrogens (tertiary/aromatic N) is 2. The second-order valence-electron chi connectivity index (χ2n) is 4.81. The van der Waals surface area contributed by atoms with Crippen molar-refractivity contribution >= 4 is 11.8 Å². The van der Waals surface area contributed by atoms with Crippen molar-refractivity contribution in [3.8, 4) is 0 Å². The molecule has 0 saturated carbocycles. The molecule has 1 aromatic carbocycles. The van der Waals surface area contributed by atoms with E-state index in [9.17, 15) is 4.39 Å². The number of hydrogen-bond donors (Lipinski definition) is 2. The van der Waals surface area contributed by atoms with Gasteiger partial charge in [0.25, 0.3) is 0 Å². The predicted octanol–water partition coefficient (Wildman–Crippen LogP) is 3.48. The van der Waals surface area contributed by atoms with Crippen molar-refractivity contribution in [2.45, 2.75) is 26.2 Å². The normalized spacial score (nSPS) is 10.4. The Morgan fingerprint density at radius 3 is 2.76 bits per heavy atom. The highest BCUT2D eigenvalue weighted by molar-refractivity contribution is 5.39. The monoisotopic (exact) mass is 288 g/mol. The molecule has 0 saturated heterocycles. The summed E-state index contributed by atoms with van der Waals surface area (Å²) in [7, 11) is 0. The number of hydrogen-bond acceptors (Lipinski definition) is 4. The molecule has 1 heterocycles. The summed E-state index contributed by atoms with van der Waals surface area (Å²) >= 11 is 0. The lowest BCUT2D eigenvalue weighted by Crippen LogP contribution is -2.10. The molecule has 21 heavy (non-hydrogen) atoms. The molecule has 5 heteroatoms. The molecule has 0 aliphatic rings. The molecule has 112 valence electrons. The number of benzene rings is 1. The number of halogens is 1. The quantitative estimate of drug-likeness (QED) is 0.730. The molecule has 0 fully saturated rings. The van der Waals surface area contributed by atoms with Crippen molar-refractivity contribution in [3.63, 3.8) is 0 Å². The Morgan fingerprint density at radius 2 is 1.95 bits per heavy atom. The van der Waals surface area contributed by atoms with Crippen molar-refractivity contribution in [1.82, 2.24) is 9.97 Å². The van der Waals surface area contributed by atoms with Gasteiger partial charge in [-0.25, -0.2) is 9.37 Å². The average molecular weight is 288 g/mol. The SMILES string of the molecule is CCCCNc1nccc(NCCc2ccccc2F)n1. The Balaban J connectivity index is 1.83. The zero-order valence-corrected chi connectivity index (χ0v) is 12.3. The van der Waals surface area contributed by atoms with Gasteiger partial charge in [-0.1, -0.05) is 31.5 Å². The van der Waals surface area contributed by atoms with Crippen LogP contribution in [0.4, 0.5) is 16.2 Å². The van der Waals surface area contributed by atoms with Crippen LogP contribution in [0.2, 0.25) is 0 Å². The fourth-order valence-electron chi connectivity index (χ4n) is 1.95. The van der Waals surface area contributed by atoms with E-state index in [1.54, 1.807) is 18.3 Å². The van der Waals surface area contributed by atoms with Gasteiger partial charge in [-0.05, 0) is 30.5 Å². The van der Waals surface area contributed by atoms with E-state index < -0.39 is 0 Å². The molecule has 0 spiro atoms. The maximum atomic E-state index is 13.5. The van der Waals surface area contributed by atoms with Gasteiger partial charge in [-0.15, -0.1) is 0 Å². The first-order chi connectivity index (χ1) is 10.3. The molecule has 1 aromatic heterocycles. The van der Waals surface area contributed by atoms with Crippen LogP contribution >= 0.6 is 0 Å². The lowest BCUT2D eigenvalue weighted by molar-refractivity contribution is 0.610. The van der Waals surface area contributed by atoms with E-state index >= 15 is 0 Å². The summed E-state index contributed by atoms with van der Waals surface area (Å²) in [5.41, 5.74) is 0.709. The Bertz CT molecular complexity index is 559. The summed E-state index contributed by atoms with van der Waals surface area (Å²) in [6, 6.07) is 8.64. The summed E-state index contributed by atoms with van der Waals surface area (Å²) in [6.07, 6.45) is 4.56. The van der Waals surface area contributed by atoms with E-state index in [0.717, 1.165) is 25.2 Å². The summed E-state index contributed by atoms with van der Waals surface area (Å²) < 4.78 is 13.5. The predicted molar refractivity (Wildman–Crippen MR) is 84.0 cm³/mol. The van der Waals surface area contributed by atoms with Gasteiger partial charge in [-0.2, -0.15) is 4.98 Å². The fraction of sp³-hybridized carbons (Fsp3) is 0.375. The average Bonchev–Trinajstić information content (AvgIpc) is 2.50. The van der Waals surface area contributed by atoms with Gasteiger partial charge >= 0.3 is 0 Å². The first-order valence-electron chi connectivity index (χ1n) is 7.34. The largest absolute Gasteiger partial charge is 0.370 e. The maximum Gasteiger partial charge on any atom is 0.224 e. The summed E-state index contributed by atoms with van der Waals surface area (Å²) in [4.78, 5) is 8.54. The van der Waals surface area contributed by atoms with Crippen LogP contribution in [0.5, 0.6) is 0 Å². The van der Waals surface area contributed by atoms with Gasteiger partial charge in [0, 0.05) is 19.3 Å². The number of unbranched alkanes of at least 4 members (excludes halogenated alkanes) is 1. The lowest BCUT2D eigenvalue weighted by atomic mass is 10.1. The van der Waals surface area contributed by atoms with Gasteiger partial charge in [-0.3, -0.25) is 0 Å². The van der Waals surface area contributed by atoms with E-state index in [4.69, 9.17) is 0 Å². The van der Waals surface area contributed by atoms with Crippen molar-refractivity contribution in [2.24, 2.45) is 0 Å². The van der Waals surface area contributed by atoms with Crippen molar-refractivity contribution in [1.29, 1.82) is 0 Å². The second kappa shape index (κ2) is 8.19. The third-order valence-electron chi connectivity index (χ3n) is 3.13. The van der Waals surface area contributed by atoms with E-state index in [0.29, 0.717) is 24.5 Å². The number of rotatable bonds is 8. The molecule has 0 radical (unpaired) electrons. The first-order valence-corrected chi connectivity index (χ1v) is 7.34. The highest BCUT2D eigenvalue weighted by atomic mass is 19.1. The summed E-state index contributed by atoms with van der Waals surface area (Å²) in [5.74, 6) is 1.21. The van der Waals surface area contributed by atoms with E-state index in [1.807, 2.05) is 12.1 Å². The van der Waals surface area contributed by atoms with Crippen LogP contribution in [0, 0.1) is 5.82 Å². The second-order valence-corrected chi connectivity index (χ2v) is 4.81. The molecular weight excluding hydrogens is 267 g/mol. The molecule has 0 aliphatic carbocycles. The molecule has 4 nitrogen and oxygen atoms in total. The Morgan fingerprint density at radius 1 is 1.10 bits per heavy atom. The van der Waals surface area contributed by atoms with Crippen LogP contribution in [0.15, 0.2) is 36.5 Å². The third-order valence-corrected chi connectivity index (χ3v) is 3.13. The molecule has 0 atom stereocenters. The van der Waals surface area contributed by atoms with Crippen LogP contribution in [0.25, 0.3) is 0 Å². The Labute approximate surface area is 124 Å². The van der Waals surface area contributed by atoms with Crippen LogP contribution in [-0.4, -0.2) is 23.1 Å². The van der Waals surface area contributed by atoms with Gasteiger partial charge in [0.1, 0.15) is 11.6 Å². The minimum absolute atomic E-state index is 0.163. The highest BCUT2D eigenvalue weighted by Crippen LogP contribution is 2.09. The number of anilines is 2. The van der Waals surface area contributed by atoms with Crippen LogP contribution < -0.4 is 10.6 Å². The molecule has 0 unspecified atom stereocenters. The molecule has 0 bridgehead atoms. The van der Waals surface area contributed by atoms with Crippen molar-refractivity contribution < 1.29 is 4.39 Å². The maximum absolute atomic E-state index is 13.5. The first kappa shape index (κ1) is 15.2. The number of aromatic nitrogens is 2. The summed E-state index contributed by atoms with van der Waals surface area (Å²) in [6.45, 7) is 3.64. The smallest absolute Gasteiger partial charge is 0.224 e. The van der Waals surface area contributed by atoms with Gasteiger partial charge < -0.3 is 10.6 Å². The van der Waals surface area contributed by atoms with E-state index in [2.05, 4.69) is 27.5 Å². The van der Waals surface area contributed by atoms with Crippen molar-refractivity contribution in [3.05, 3.63) is 47.9 Å². The lowest BCUT2D eigenvalue weighted by Gasteiger charge is -2.08. The molecule has 2 rings (SSSR count). The summed E-state index contributed by atoms with van der Waals surface area (Å²) in [5, 5.41) is 6.37. The molecular formula is C16H21FN4. The van der Waals surface area contributed by atoms with Gasteiger partial charge in [0.2, 0.25) is 5.95 Å². The topological polar surface area (TPSA) is 49.8 Å². The molecule has 2 N–H and O–H groups in total. The molecule has 0 amide bonds.